The summed E-state index contributed by atoms with van der Waals surface area (Å²) in [4.78, 5) is 18.0. The molecule has 3 aliphatic heterocycles. The number of rotatable bonds is 9. The predicted molar refractivity (Wildman–Crippen MR) is 158 cm³/mol. The van der Waals surface area contributed by atoms with Gasteiger partial charge in [0, 0.05) is 31.2 Å². The average molecular weight is 611 g/mol. The van der Waals surface area contributed by atoms with Crippen molar-refractivity contribution >= 4 is 44.8 Å². The fourth-order valence-corrected chi connectivity index (χ4v) is 7.11. The number of nitrogens with zero attached hydrogens (tertiary/aromatic N) is 3. The Bertz CT molecular complexity index is 1310. The van der Waals surface area contributed by atoms with Crippen molar-refractivity contribution in [1.82, 2.24) is 9.21 Å². The molecule has 5 rings (SSSR count). The quantitative estimate of drug-likeness (QED) is 0.395. The van der Waals surface area contributed by atoms with Gasteiger partial charge in [-0.25, -0.2) is 12.7 Å². The zero-order chi connectivity index (χ0) is 28.3. The van der Waals surface area contributed by atoms with Gasteiger partial charge in [-0.2, -0.15) is 0 Å². The molecular formula is C29H37Cl2N3O5S. The lowest BCUT2D eigenvalue weighted by atomic mass is 9.90. The van der Waals surface area contributed by atoms with Crippen LogP contribution >= 0.6 is 23.2 Å². The Labute approximate surface area is 247 Å². The second-order valence-corrected chi connectivity index (χ2v) is 13.9. The molecule has 218 valence electrons. The predicted octanol–water partition coefficient (Wildman–Crippen LogP) is 5.07. The zero-order valence-electron chi connectivity index (χ0n) is 22.9. The highest BCUT2D eigenvalue weighted by molar-refractivity contribution is 7.88. The summed E-state index contributed by atoms with van der Waals surface area (Å²) >= 11 is 12.5. The molecular weight excluding hydrogens is 573 g/mol. The van der Waals surface area contributed by atoms with E-state index < -0.39 is 10.0 Å². The van der Waals surface area contributed by atoms with Gasteiger partial charge in [0.2, 0.25) is 22.7 Å². The number of hydrogen-bond donors (Lipinski definition) is 0. The fourth-order valence-electron chi connectivity index (χ4n) is 5.94. The standard InChI is InChI=1S/C29H37Cl2N3O5S/c1-40(36,37)33-15-9-23(10-16-33)29(35)34(24-4-5-25(30)26(31)19-24)12-2-11-32-13-7-21(8-14-32)17-22-3-6-27-28(18-22)39-20-38-27/h3-6,18-19,21,23H,2,7-17,20H2,1H3. The maximum Gasteiger partial charge on any atom is 0.231 e. The van der Waals surface area contributed by atoms with Crippen LogP contribution in [-0.2, 0) is 21.2 Å². The number of carbonyl (C=O) groups is 1. The van der Waals surface area contributed by atoms with E-state index in [0.717, 1.165) is 62.5 Å². The topological polar surface area (TPSA) is 79.4 Å². The Hall–Kier alpha value is -2.04. The normalized spacial score (nSPS) is 19.2. The molecule has 3 aliphatic rings. The molecule has 40 heavy (non-hydrogen) atoms. The fraction of sp³-hybridized carbons (Fsp3) is 0.552. The Morgan fingerprint density at radius 3 is 2.38 bits per heavy atom. The van der Waals surface area contributed by atoms with Gasteiger partial charge in [-0.3, -0.25) is 4.79 Å². The highest BCUT2D eigenvalue weighted by Crippen LogP contribution is 2.34. The minimum atomic E-state index is -3.25. The number of benzene rings is 2. The number of fused-ring (bicyclic) bond motifs is 1. The van der Waals surface area contributed by atoms with Crippen molar-refractivity contribution < 1.29 is 22.7 Å². The lowest BCUT2D eigenvalue weighted by Gasteiger charge is -2.35. The van der Waals surface area contributed by atoms with Gasteiger partial charge < -0.3 is 19.3 Å². The first-order valence-electron chi connectivity index (χ1n) is 14.0. The van der Waals surface area contributed by atoms with E-state index in [9.17, 15) is 13.2 Å². The molecule has 0 bridgehead atoms. The second kappa shape index (κ2) is 12.9. The van der Waals surface area contributed by atoms with Crippen molar-refractivity contribution in [2.75, 3.05) is 57.2 Å². The maximum atomic E-state index is 13.7. The smallest absolute Gasteiger partial charge is 0.231 e. The van der Waals surface area contributed by atoms with E-state index in [1.54, 1.807) is 12.1 Å². The van der Waals surface area contributed by atoms with Crippen LogP contribution in [0.1, 0.15) is 37.7 Å². The van der Waals surface area contributed by atoms with Crippen molar-refractivity contribution in [3.63, 3.8) is 0 Å². The van der Waals surface area contributed by atoms with Gasteiger partial charge in [-0.1, -0.05) is 29.3 Å². The summed E-state index contributed by atoms with van der Waals surface area (Å²) in [5.74, 6) is 2.11. The minimum Gasteiger partial charge on any atom is -0.454 e. The summed E-state index contributed by atoms with van der Waals surface area (Å²) in [6, 6.07) is 11.5. The molecule has 11 heteroatoms. The summed E-state index contributed by atoms with van der Waals surface area (Å²) in [7, 11) is -3.25. The number of sulfonamides is 1. The van der Waals surface area contributed by atoms with Crippen LogP contribution < -0.4 is 14.4 Å². The second-order valence-electron chi connectivity index (χ2n) is 11.1. The summed E-state index contributed by atoms with van der Waals surface area (Å²) in [5.41, 5.74) is 2.02. The Morgan fingerprint density at radius 2 is 1.68 bits per heavy atom. The molecule has 2 saturated heterocycles. The van der Waals surface area contributed by atoms with Crippen LogP contribution in [-0.4, -0.2) is 75.8 Å². The average Bonchev–Trinajstić information content (AvgIpc) is 3.41. The Balaban J connectivity index is 1.14. The van der Waals surface area contributed by atoms with Crippen molar-refractivity contribution in [3.8, 4) is 11.5 Å². The van der Waals surface area contributed by atoms with Gasteiger partial charge in [-0.15, -0.1) is 0 Å². The third kappa shape index (κ3) is 7.23. The Kier molecular flexibility index (Phi) is 9.47. The number of hydrogen-bond acceptors (Lipinski definition) is 6. The van der Waals surface area contributed by atoms with Crippen LogP contribution in [0.4, 0.5) is 5.69 Å². The Morgan fingerprint density at radius 1 is 0.950 bits per heavy atom. The van der Waals surface area contributed by atoms with Crippen LogP contribution in [0.15, 0.2) is 36.4 Å². The summed E-state index contributed by atoms with van der Waals surface area (Å²) in [6.07, 6.45) is 6.41. The van der Waals surface area contributed by atoms with Crippen LogP contribution in [0.2, 0.25) is 10.0 Å². The number of amides is 1. The molecule has 0 unspecified atom stereocenters. The van der Waals surface area contributed by atoms with E-state index in [2.05, 4.69) is 17.0 Å². The van der Waals surface area contributed by atoms with Crippen LogP contribution in [0.3, 0.4) is 0 Å². The first-order valence-corrected chi connectivity index (χ1v) is 16.6. The van der Waals surface area contributed by atoms with Gasteiger partial charge in [-0.05, 0) is 100.0 Å². The molecule has 2 fully saturated rings. The van der Waals surface area contributed by atoms with E-state index in [4.69, 9.17) is 32.7 Å². The lowest BCUT2D eigenvalue weighted by molar-refractivity contribution is -0.123. The molecule has 0 aromatic heterocycles. The number of anilines is 1. The van der Waals surface area contributed by atoms with Crippen molar-refractivity contribution in [2.45, 2.75) is 38.5 Å². The minimum absolute atomic E-state index is 0.0222. The molecule has 1 amide bonds. The molecule has 8 nitrogen and oxygen atoms in total. The van der Waals surface area contributed by atoms with Crippen LogP contribution in [0.25, 0.3) is 0 Å². The molecule has 0 radical (unpaired) electrons. The van der Waals surface area contributed by atoms with Crippen molar-refractivity contribution in [1.29, 1.82) is 0 Å². The lowest BCUT2D eigenvalue weighted by Crippen LogP contribution is -2.45. The molecule has 0 spiro atoms. The van der Waals surface area contributed by atoms with Gasteiger partial charge >= 0.3 is 0 Å². The number of halogens is 2. The molecule has 0 atom stereocenters. The summed E-state index contributed by atoms with van der Waals surface area (Å²) in [6.45, 7) is 4.60. The number of ether oxygens (including phenoxy) is 2. The first kappa shape index (κ1) is 29.5. The van der Waals surface area contributed by atoms with Crippen molar-refractivity contribution in [2.24, 2.45) is 11.8 Å². The maximum absolute atomic E-state index is 13.7. The third-order valence-electron chi connectivity index (χ3n) is 8.28. The highest BCUT2D eigenvalue weighted by Gasteiger charge is 2.32. The van der Waals surface area contributed by atoms with Gasteiger partial charge in [0.15, 0.2) is 11.5 Å². The van der Waals surface area contributed by atoms with E-state index in [1.807, 2.05) is 17.0 Å². The molecule has 2 aromatic rings. The van der Waals surface area contributed by atoms with Gasteiger partial charge in [0.05, 0.1) is 16.3 Å². The molecule has 0 saturated carbocycles. The monoisotopic (exact) mass is 609 g/mol. The largest absolute Gasteiger partial charge is 0.454 e. The summed E-state index contributed by atoms with van der Waals surface area (Å²) < 4.78 is 36.3. The van der Waals surface area contributed by atoms with E-state index in [-0.39, 0.29) is 11.8 Å². The van der Waals surface area contributed by atoms with E-state index in [1.165, 1.54) is 16.1 Å². The molecule has 2 aromatic carbocycles. The highest BCUT2D eigenvalue weighted by atomic mass is 35.5. The molecule has 0 aliphatic carbocycles. The van der Waals surface area contributed by atoms with Gasteiger partial charge in [0.25, 0.3) is 0 Å². The third-order valence-corrected chi connectivity index (χ3v) is 10.3. The SMILES string of the molecule is CS(=O)(=O)N1CCC(C(=O)N(CCCN2CCC(Cc3ccc4c(c3)OCO4)CC2)c2ccc(Cl)c(Cl)c2)CC1. The number of likely N-dealkylation sites (tertiary alicyclic amines) is 1. The molecule has 3 heterocycles. The zero-order valence-corrected chi connectivity index (χ0v) is 25.2. The van der Waals surface area contributed by atoms with Crippen LogP contribution in [0, 0.1) is 11.8 Å². The van der Waals surface area contributed by atoms with Gasteiger partial charge in [0.1, 0.15) is 0 Å². The van der Waals surface area contributed by atoms with E-state index in [0.29, 0.717) is 55.2 Å². The number of carbonyl (C=O) groups excluding carboxylic acids is 1. The summed E-state index contributed by atoms with van der Waals surface area (Å²) in [5, 5.41) is 0.858. The van der Waals surface area contributed by atoms with Crippen molar-refractivity contribution in [3.05, 3.63) is 52.0 Å². The van der Waals surface area contributed by atoms with Crippen LogP contribution in [0.5, 0.6) is 11.5 Å². The first-order chi connectivity index (χ1) is 19.2. The van der Waals surface area contributed by atoms with E-state index >= 15 is 0 Å². The number of piperidine rings is 2. The molecule has 0 N–H and O–H groups in total.